The number of fused-ring (bicyclic) bond motifs is 2. The van der Waals surface area contributed by atoms with Gasteiger partial charge < -0.3 is 44.2 Å². The highest BCUT2D eigenvalue weighted by Gasteiger charge is 2.65. The molecule has 69 heavy (non-hydrogen) atoms. The Labute approximate surface area is 410 Å². The van der Waals surface area contributed by atoms with Crippen LogP contribution in [0.5, 0.6) is 11.5 Å². The van der Waals surface area contributed by atoms with Crippen molar-refractivity contribution >= 4 is 23.6 Å². The number of rotatable bonds is 29. The van der Waals surface area contributed by atoms with E-state index in [0.29, 0.717) is 42.2 Å². The van der Waals surface area contributed by atoms with Gasteiger partial charge in [-0.1, -0.05) is 116 Å². The fourth-order valence-electron chi connectivity index (χ4n) is 10.1. The molecule has 0 bridgehead atoms. The minimum Gasteiger partial charge on any atom is -0.459 e. The molecular formula is C54H80N4O11. The molecular weight excluding hydrogens is 881 g/mol. The first-order valence-electron chi connectivity index (χ1n) is 25.6. The zero-order valence-electron chi connectivity index (χ0n) is 42.0. The number of ether oxygens (including phenoxy) is 4. The molecule has 2 aliphatic carbocycles. The number of nitro groups is 1. The summed E-state index contributed by atoms with van der Waals surface area (Å²) in [5.41, 5.74) is 2.57. The van der Waals surface area contributed by atoms with Gasteiger partial charge in [0.15, 0.2) is 0 Å². The number of unbranched alkanes of at least 4 members (excludes halogenated alkanes) is 11. The number of nitrogens with zero attached hydrogens (tertiary/aromatic N) is 3. The molecule has 2 amide bonds. The van der Waals surface area contributed by atoms with Gasteiger partial charge in [-0.05, 0) is 90.8 Å². The number of likely N-dealkylation sites (N-methyl/N-ethyl adjacent to an activating group) is 1. The van der Waals surface area contributed by atoms with Crippen molar-refractivity contribution in [3.8, 4) is 11.5 Å². The van der Waals surface area contributed by atoms with Crippen LogP contribution in [0.4, 0.5) is 15.3 Å². The molecule has 0 spiro atoms. The summed E-state index contributed by atoms with van der Waals surface area (Å²) >= 11 is 0. The number of allylic oxidation sites excluding steroid dienone is 1. The molecule has 3 aliphatic rings. The number of non-ortho nitro benzene ring substituents is 1. The summed E-state index contributed by atoms with van der Waals surface area (Å²) in [6.07, 6.45) is 19.1. The van der Waals surface area contributed by atoms with Crippen LogP contribution in [0.2, 0.25) is 0 Å². The van der Waals surface area contributed by atoms with Gasteiger partial charge in [0.1, 0.15) is 24.1 Å². The highest BCUT2D eigenvalue weighted by molar-refractivity contribution is 6.03. The van der Waals surface area contributed by atoms with Crippen LogP contribution in [0.1, 0.15) is 154 Å². The maximum Gasteiger partial charge on any atom is 0.412 e. The van der Waals surface area contributed by atoms with E-state index < -0.39 is 34.9 Å². The van der Waals surface area contributed by atoms with E-state index in [-0.39, 0.29) is 68.3 Å². The average Bonchev–Trinajstić information content (AvgIpc) is 3.32. The van der Waals surface area contributed by atoms with E-state index in [4.69, 9.17) is 28.9 Å². The minimum atomic E-state index is -1.50. The summed E-state index contributed by atoms with van der Waals surface area (Å²) in [7, 11) is 1.68. The largest absolute Gasteiger partial charge is 0.459 e. The topological polar surface area (TPSA) is 192 Å². The summed E-state index contributed by atoms with van der Waals surface area (Å²) in [5, 5.41) is 39.0. The predicted molar refractivity (Wildman–Crippen MR) is 267 cm³/mol. The number of hydrogen-bond donors (Lipinski definition) is 3. The lowest BCUT2D eigenvalue weighted by molar-refractivity contribution is -0.384. The molecule has 0 aromatic heterocycles. The third-order valence-corrected chi connectivity index (χ3v) is 13.6. The van der Waals surface area contributed by atoms with Crippen molar-refractivity contribution in [2.75, 3.05) is 40.0 Å². The number of amides is 2. The lowest BCUT2D eigenvalue weighted by Gasteiger charge is -2.59. The molecule has 1 saturated carbocycles. The maximum atomic E-state index is 14.2. The molecule has 382 valence electrons. The second-order valence-corrected chi connectivity index (χ2v) is 20.2. The quantitative estimate of drug-likeness (QED) is 0.0304. The second-order valence-electron chi connectivity index (χ2n) is 20.2. The first-order chi connectivity index (χ1) is 33.3. The molecule has 5 rings (SSSR count). The Bertz CT molecular complexity index is 2020. The zero-order valence-corrected chi connectivity index (χ0v) is 42.0. The lowest BCUT2D eigenvalue weighted by atomic mass is 9.55. The van der Waals surface area contributed by atoms with Crippen LogP contribution >= 0.6 is 0 Å². The Morgan fingerprint density at radius 2 is 1.62 bits per heavy atom. The van der Waals surface area contributed by atoms with Gasteiger partial charge in [0, 0.05) is 56.8 Å². The van der Waals surface area contributed by atoms with E-state index in [1.807, 2.05) is 32.9 Å². The molecule has 15 heteroatoms. The minimum absolute atomic E-state index is 0.0191. The summed E-state index contributed by atoms with van der Waals surface area (Å²) in [4.78, 5) is 46.0. The Morgan fingerprint density at radius 3 is 2.26 bits per heavy atom. The number of nitro benzene ring substituents is 1. The Hall–Kier alpha value is -4.99. The molecule has 0 saturated heterocycles. The maximum absolute atomic E-state index is 14.2. The molecule has 15 nitrogen and oxygen atoms in total. The van der Waals surface area contributed by atoms with Gasteiger partial charge in [0.05, 0.1) is 29.8 Å². The van der Waals surface area contributed by atoms with Crippen molar-refractivity contribution in [3.63, 3.8) is 0 Å². The van der Waals surface area contributed by atoms with Crippen molar-refractivity contribution in [2.24, 2.45) is 28.3 Å². The highest BCUT2D eigenvalue weighted by Crippen LogP contribution is 2.62. The van der Waals surface area contributed by atoms with Crippen LogP contribution in [0.3, 0.4) is 0 Å². The van der Waals surface area contributed by atoms with E-state index >= 15 is 0 Å². The standard InChI is InChI=1S/C54H80N4O11/c1-7-9-10-11-12-13-14-15-16-19-30-55-51(61)68-42-28-29-47-45(35-42)49-43(23-18-21-32-60)40(22-17-20-31-59)34-44-46(56-67-37-39-24-26-41(27-25-39)58(63)64)36-48(54(69-47,50(44)49)66-33-8-2)57(6)52(62)65-38-53(3,4)5/h8,24-29,34-35,40,43,48-50,59-60H,2,7,9-23,30-33,36-38H2,1,3-6H3,(H,55,61). The first kappa shape index (κ1) is 54.9. The van der Waals surface area contributed by atoms with Gasteiger partial charge in [-0.2, -0.15) is 0 Å². The average molecular weight is 961 g/mol. The molecule has 1 heterocycles. The molecule has 6 unspecified atom stereocenters. The fraction of sp³-hybridized carbons (Fsp3) is 0.648. The monoisotopic (exact) mass is 961 g/mol. The van der Waals surface area contributed by atoms with Crippen molar-refractivity contribution in [3.05, 3.63) is 88.0 Å². The van der Waals surface area contributed by atoms with Gasteiger partial charge in [0.2, 0.25) is 5.79 Å². The molecule has 0 radical (unpaired) electrons. The van der Waals surface area contributed by atoms with Gasteiger partial charge in [-0.25, -0.2) is 9.59 Å². The molecule has 2 aromatic rings. The van der Waals surface area contributed by atoms with Gasteiger partial charge in [-0.15, -0.1) is 6.58 Å². The van der Waals surface area contributed by atoms with Crippen molar-refractivity contribution in [1.29, 1.82) is 0 Å². The first-order valence-corrected chi connectivity index (χ1v) is 25.6. The van der Waals surface area contributed by atoms with Crippen LogP contribution in [0, 0.1) is 33.3 Å². The Kier molecular flexibility index (Phi) is 21.8. The second kappa shape index (κ2) is 27.4. The van der Waals surface area contributed by atoms with E-state index in [1.165, 1.54) is 62.0 Å². The van der Waals surface area contributed by atoms with E-state index in [0.717, 1.165) is 56.1 Å². The summed E-state index contributed by atoms with van der Waals surface area (Å²) in [6.45, 7) is 13.1. The van der Waals surface area contributed by atoms with Crippen molar-refractivity contribution < 1.29 is 48.5 Å². The number of carbonyl (C=O) groups excluding carboxylic acids is 2. The number of nitrogens with one attached hydrogen (secondary N) is 1. The molecule has 3 N–H and O–H groups in total. The summed E-state index contributed by atoms with van der Waals surface area (Å²) in [5.74, 6) is -1.60. The molecule has 2 aromatic carbocycles. The van der Waals surface area contributed by atoms with Crippen molar-refractivity contribution in [2.45, 2.75) is 161 Å². The van der Waals surface area contributed by atoms with Gasteiger partial charge in [0.25, 0.3) is 5.69 Å². The van der Waals surface area contributed by atoms with Crippen LogP contribution in [0.25, 0.3) is 0 Å². The third kappa shape index (κ3) is 15.5. The number of carbonyl (C=O) groups is 2. The van der Waals surface area contributed by atoms with Gasteiger partial charge in [-0.3, -0.25) is 10.1 Å². The summed E-state index contributed by atoms with van der Waals surface area (Å²) < 4.78 is 26.1. The molecule has 1 fully saturated rings. The van der Waals surface area contributed by atoms with Crippen molar-refractivity contribution in [1.82, 2.24) is 10.2 Å². The fourth-order valence-corrected chi connectivity index (χ4v) is 10.1. The van der Waals surface area contributed by atoms with Gasteiger partial charge >= 0.3 is 12.2 Å². The smallest absolute Gasteiger partial charge is 0.412 e. The Balaban J connectivity index is 1.54. The Morgan fingerprint density at radius 1 is 0.957 bits per heavy atom. The van der Waals surface area contributed by atoms with E-state index in [9.17, 15) is 29.9 Å². The summed E-state index contributed by atoms with van der Waals surface area (Å²) in [6, 6.07) is 10.7. The van der Waals surface area contributed by atoms with Crippen LogP contribution < -0.4 is 14.8 Å². The van der Waals surface area contributed by atoms with Crippen LogP contribution in [0.15, 0.2) is 71.9 Å². The normalized spacial score (nSPS) is 22.1. The van der Waals surface area contributed by atoms with E-state index in [2.05, 4.69) is 24.9 Å². The van der Waals surface area contributed by atoms with E-state index in [1.54, 1.807) is 31.3 Å². The SMILES string of the molecule is C=CCOC12Oc3ccc(OC(=O)NCCCCCCCCCCCC)cc3C3C(CCCCO)C(CCCCO)C=C(C(=NOCc4ccc([N+](=O)[O-])cc4)CC1N(C)C(=O)OCC(C)(C)C)C32. The highest BCUT2D eigenvalue weighted by atomic mass is 16.7. The van der Waals surface area contributed by atoms with Crippen LogP contribution in [-0.2, 0) is 20.9 Å². The third-order valence-electron chi connectivity index (χ3n) is 13.6. The predicted octanol–water partition coefficient (Wildman–Crippen LogP) is 11.6. The number of aliphatic hydroxyl groups excluding tert-OH is 2. The van der Waals surface area contributed by atoms with Crippen LogP contribution in [-0.4, -0.2) is 89.8 Å². The molecule has 1 aliphatic heterocycles. The zero-order chi connectivity index (χ0) is 49.8. The lowest BCUT2D eigenvalue weighted by Crippen LogP contribution is -2.69. The molecule has 6 atom stereocenters. The number of aliphatic hydroxyl groups is 2. The number of oxime groups is 1. The number of benzene rings is 2. The number of hydrogen-bond acceptors (Lipinski definition) is 12.